The molecule has 0 aliphatic rings. The molecule has 2 aromatic rings. The second-order valence-electron chi connectivity index (χ2n) is 3.31. The van der Waals surface area contributed by atoms with Gasteiger partial charge < -0.3 is 9.15 Å². The van der Waals surface area contributed by atoms with Gasteiger partial charge in [-0.3, -0.25) is 0 Å². The minimum Gasteiger partial charge on any atom is -0.484 e. The molecule has 0 fully saturated rings. The summed E-state index contributed by atoms with van der Waals surface area (Å²) in [6, 6.07) is 4.21. The average Bonchev–Trinajstić information content (AvgIpc) is 2.79. The van der Waals surface area contributed by atoms with Gasteiger partial charge in [0.15, 0.2) is 6.61 Å². The maximum Gasteiger partial charge on any atom is 0.253 e. The summed E-state index contributed by atoms with van der Waals surface area (Å²) in [4.78, 5) is 0. The van der Waals surface area contributed by atoms with E-state index >= 15 is 0 Å². The molecule has 1 aromatic carbocycles. The summed E-state index contributed by atoms with van der Waals surface area (Å²) >= 11 is 5.55. The Bertz CT molecular complexity index is 516. The summed E-state index contributed by atoms with van der Waals surface area (Å²) in [5.41, 5.74) is 0. The number of halogens is 2. The maximum absolute atomic E-state index is 13.1. The lowest BCUT2D eigenvalue weighted by molar-refractivity contribution is 0.258. The monoisotopic (exact) mass is 256 g/mol. The van der Waals surface area contributed by atoms with E-state index in [2.05, 4.69) is 10.2 Å². The van der Waals surface area contributed by atoms with Crippen LogP contribution in [0.25, 0.3) is 0 Å². The van der Waals surface area contributed by atoms with Crippen LogP contribution in [0.4, 0.5) is 4.39 Å². The number of rotatable bonds is 4. The normalized spacial score (nSPS) is 10.5. The fraction of sp³-hybridized carbons (Fsp3) is 0.273. The van der Waals surface area contributed by atoms with Crippen LogP contribution in [0.5, 0.6) is 5.75 Å². The molecule has 0 saturated carbocycles. The first-order chi connectivity index (χ1) is 8.19. The number of hydrogen-bond donors (Lipinski definition) is 0. The number of hydrogen-bond acceptors (Lipinski definition) is 4. The molecule has 0 N–H and O–H groups in total. The maximum atomic E-state index is 13.1. The molecule has 17 heavy (non-hydrogen) atoms. The minimum absolute atomic E-state index is 0.0587. The van der Waals surface area contributed by atoms with Gasteiger partial charge >= 0.3 is 0 Å². The first-order valence-corrected chi connectivity index (χ1v) is 5.46. The van der Waals surface area contributed by atoms with E-state index in [1.165, 1.54) is 12.1 Å². The smallest absolute Gasteiger partial charge is 0.253 e. The Kier molecular flexibility index (Phi) is 3.58. The van der Waals surface area contributed by atoms with E-state index in [1.807, 2.05) is 6.92 Å². The highest BCUT2D eigenvalue weighted by atomic mass is 35.5. The Morgan fingerprint density at radius 1 is 1.35 bits per heavy atom. The SMILES string of the molecule is CCc1nnc(COc2ccc(Cl)c(F)c2)o1. The molecule has 0 radical (unpaired) electrons. The zero-order chi connectivity index (χ0) is 12.3. The highest BCUT2D eigenvalue weighted by Gasteiger charge is 2.06. The number of nitrogens with zero attached hydrogens (tertiary/aromatic N) is 2. The molecule has 2 rings (SSSR count). The molecule has 90 valence electrons. The van der Waals surface area contributed by atoms with Gasteiger partial charge in [0, 0.05) is 12.5 Å². The molecule has 0 bridgehead atoms. The zero-order valence-electron chi connectivity index (χ0n) is 9.11. The van der Waals surface area contributed by atoms with Gasteiger partial charge in [-0.25, -0.2) is 4.39 Å². The molecule has 0 saturated heterocycles. The molecule has 4 nitrogen and oxygen atoms in total. The van der Waals surface area contributed by atoms with Crippen molar-refractivity contribution in [3.05, 3.63) is 40.8 Å². The number of aromatic nitrogens is 2. The molecule has 1 heterocycles. The molecule has 0 amide bonds. The van der Waals surface area contributed by atoms with Crippen molar-refractivity contribution in [3.8, 4) is 5.75 Å². The van der Waals surface area contributed by atoms with Gasteiger partial charge in [0.25, 0.3) is 5.89 Å². The minimum atomic E-state index is -0.524. The van der Waals surface area contributed by atoms with Crippen molar-refractivity contribution in [2.75, 3.05) is 0 Å². The average molecular weight is 257 g/mol. The second kappa shape index (κ2) is 5.14. The van der Waals surface area contributed by atoms with Crippen molar-refractivity contribution in [1.29, 1.82) is 0 Å². The topological polar surface area (TPSA) is 48.2 Å². The fourth-order valence-electron chi connectivity index (χ4n) is 1.20. The molecule has 0 aliphatic heterocycles. The van der Waals surface area contributed by atoms with E-state index in [1.54, 1.807) is 6.07 Å². The number of ether oxygens (including phenoxy) is 1. The van der Waals surface area contributed by atoms with Crippen molar-refractivity contribution in [2.45, 2.75) is 20.0 Å². The predicted octanol–water partition coefficient (Wildman–Crippen LogP) is 3.00. The second-order valence-corrected chi connectivity index (χ2v) is 3.71. The van der Waals surface area contributed by atoms with Crippen molar-refractivity contribution >= 4 is 11.6 Å². The van der Waals surface area contributed by atoms with Crippen LogP contribution in [0.15, 0.2) is 22.6 Å². The lowest BCUT2D eigenvalue weighted by Crippen LogP contribution is -1.96. The standard InChI is InChI=1S/C11H10ClFN2O2/c1-2-10-14-15-11(17-10)6-16-7-3-4-8(12)9(13)5-7/h3-5H,2,6H2,1H3. The van der Waals surface area contributed by atoms with Gasteiger partial charge in [0.1, 0.15) is 11.6 Å². The molecule has 0 unspecified atom stereocenters. The predicted molar refractivity (Wildman–Crippen MR) is 59.4 cm³/mol. The van der Waals surface area contributed by atoms with Crippen LogP contribution in [0, 0.1) is 5.82 Å². The third-order valence-corrected chi connectivity index (χ3v) is 2.37. The van der Waals surface area contributed by atoms with Crippen molar-refractivity contribution in [1.82, 2.24) is 10.2 Å². The Balaban J connectivity index is 1.99. The van der Waals surface area contributed by atoms with Crippen LogP contribution >= 0.6 is 11.6 Å². The van der Waals surface area contributed by atoms with Crippen LogP contribution in [0.1, 0.15) is 18.7 Å². The van der Waals surface area contributed by atoms with Gasteiger partial charge in [-0.2, -0.15) is 0 Å². The third-order valence-electron chi connectivity index (χ3n) is 2.06. The van der Waals surface area contributed by atoms with Crippen LogP contribution in [-0.4, -0.2) is 10.2 Å². The van der Waals surface area contributed by atoms with E-state index < -0.39 is 5.82 Å². The van der Waals surface area contributed by atoms with Gasteiger partial charge in [-0.15, -0.1) is 10.2 Å². The van der Waals surface area contributed by atoms with Crippen LogP contribution in [-0.2, 0) is 13.0 Å². The van der Waals surface area contributed by atoms with E-state index in [-0.39, 0.29) is 11.6 Å². The lowest BCUT2D eigenvalue weighted by atomic mass is 10.3. The molecule has 1 aromatic heterocycles. The summed E-state index contributed by atoms with van der Waals surface area (Å²) in [5.74, 6) is 0.746. The van der Waals surface area contributed by atoms with Crippen LogP contribution in [0.2, 0.25) is 5.02 Å². The van der Waals surface area contributed by atoms with E-state index in [0.717, 1.165) is 0 Å². The van der Waals surface area contributed by atoms with Gasteiger partial charge in [-0.1, -0.05) is 18.5 Å². The summed E-state index contributed by atoms with van der Waals surface area (Å²) in [7, 11) is 0. The number of aryl methyl sites for hydroxylation is 1. The van der Waals surface area contributed by atoms with E-state index in [0.29, 0.717) is 24.0 Å². The zero-order valence-corrected chi connectivity index (χ0v) is 9.87. The van der Waals surface area contributed by atoms with E-state index in [4.69, 9.17) is 20.8 Å². The highest BCUT2D eigenvalue weighted by molar-refractivity contribution is 6.30. The Morgan fingerprint density at radius 3 is 2.76 bits per heavy atom. The van der Waals surface area contributed by atoms with Crippen molar-refractivity contribution in [3.63, 3.8) is 0 Å². The van der Waals surface area contributed by atoms with Crippen LogP contribution < -0.4 is 4.74 Å². The van der Waals surface area contributed by atoms with Gasteiger partial charge in [0.05, 0.1) is 5.02 Å². The van der Waals surface area contributed by atoms with E-state index in [9.17, 15) is 4.39 Å². The number of benzene rings is 1. The summed E-state index contributed by atoms with van der Waals surface area (Å²) in [5, 5.41) is 7.63. The van der Waals surface area contributed by atoms with Crippen molar-refractivity contribution in [2.24, 2.45) is 0 Å². The van der Waals surface area contributed by atoms with Gasteiger partial charge in [-0.05, 0) is 12.1 Å². The molecular weight excluding hydrogens is 247 g/mol. The molecule has 6 heteroatoms. The summed E-state index contributed by atoms with van der Waals surface area (Å²) < 4.78 is 23.6. The molecule has 0 aliphatic carbocycles. The summed E-state index contributed by atoms with van der Waals surface area (Å²) in [6.45, 7) is 2.01. The first kappa shape index (κ1) is 11.9. The molecular formula is C11H10ClFN2O2. The van der Waals surface area contributed by atoms with Gasteiger partial charge in [0.2, 0.25) is 5.89 Å². The lowest BCUT2D eigenvalue weighted by Gasteiger charge is -2.03. The molecule has 0 atom stereocenters. The first-order valence-electron chi connectivity index (χ1n) is 5.08. The van der Waals surface area contributed by atoms with Crippen LogP contribution in [0.3, 0.4) is 0 Å². The quantitative estimate of drug-likeness (QED) is 0.844. The highest BCUT2D eigenvalue weighted by Crippen LogP contribution is 2.21. The third kappa shape index (κ3) is 2.94. The Labute approximate surface area is 102 Å². The Morgan fingerprint density at radius 2 is 2.12 bits per heavy atom. The van der Waals surface area contributed by atoms with Crippen molar-refractivity contribution < 1.29 is 13.5 Å². The largest absolute Gasteiger partial charge is 0.484 e. The Hall–Kier alpha value is -1.62. The molecule has 0 spiro atoms. The summed E-state index contributed by atoms with van der Waals surface area (Å²) in [6.07, 6.45) is 0.669. The fourth-order valence-corrected chi connectivity index (χ4v) is 1.32.